The van der Waals surface area contributed by atoms with Crippen LogP contribution >= 0.6 is 0 Å². The number of hydrogen-bond acceptors (Lipinski definition) is 4. The van der Waals surface area contributed by atoms with E-state index < -0.39 is 0 Å². The summed E-state index contributed by atoms with van der Waals surface area (Å²) < 4.78 is 5.28. The molecule has 2 aliphatic rings. The fraction of sp³-hybridized carbons (Fsp3) is 0.933. The van der Waals surface area contributed by atoms with E-state index in [2.05, 4.69) is 17.1 Å². The third-order valence-electron chi connectivity index (χ3n) is 4.43. The van der Waals surface area contributed by atoms with Crippen LogP contribution < -0.4 is 5.32 Å². The third-order valence-corrected chi connectivity index (χ3v) is 4.43. The van der Waals surface area contributed by atoms with Gasteiger partial charge >= 0.3 is 0 Å². The highest BCUT2D eigenvalue weighted by Crippen LogP contribution is 2.13. The molecular formula is C15H29N3O2. The van der Waals surface area contributed by atoms with Gasteiger partial charge in [0, 0.05) is 25.6 Å². The fourth-order valence-electron chi connectivity index (χ4n) is 3.17. The fourth-order valence-corrected chi connectivity index (χ4v) is 3.17. The van der Waals surface area contributed by atoms with E-state index in [-0.39, 0.29) is 0 Å². The van der Waals surface area contributed by atoms with Crippen LogP contribution in [0.3, 0.4) is 0 Å². The third kappa shape index (κ3) is 4.72. The van der Waals surface area contributed by atoms with Gasteiger partial charge in [0.1, 0.15) is 0 Å². The molecule has 2 aliphatic heterocycles. The summed E-state index contributed by atoms with van der Waals surface area (Å²) in [5, 5.41) is 3.41. The van der Waals surface area contributed by atoms with E-state index in [4.69, 9.17) is 4.74 Å². The number of amides is 1. The minimum Gasteiger partial charge on any atom is -0.378 e. The second-order valence-electron chi connectivity index (χ2n) is 5.71. The van der Waals surface area contributed by atoms with Gasteiger partial charge in [-0.05, 0) is 45.4 Å². The smallest absolute Gasteiger partial charge is 0.222 e. The van der Waals surface area contributed by atoms with Crippen LogP contribution in [0.5, 0.6) is 0 Å². The van der Waals surface area contributed by atoms with Gasteiger partial charge in [-0.1, -0.05) is 6.92 Å². The van der Waals surface area contributed by atoms with E-state index in [1.54, 1.807) is 0 Å². The highest BCUT2D eigenvalue weighted by Gasteiger charge is 2.20. The lowest BCUT2D eigenvalue weighted by molar-refractivity contribution is -0.135. The Hall–Kier alpha value is -0.650. The van der Waals surface area contributed by atoms with Gasteiger partial charge in [0.15, 0.2) is 0 Å². The van der Waals surface area contributed by atoms with Crippen molar-refractivity contribution in [3.8, 4) is 0 Å². The molecule has 0 bridgehead atoms. The topological polar surface area (TPSA) is 44.8 Å². The summed E-state index contributed by atoms with van der Waals surface area (Å²) in [4.78, 5) is 16.6. The maximum absolute atomic E-state index is 12.1. The van der Waals surface area contributed by atoms with Crippen molar-refractivity contribution < 1.29 is 9.53 Å². The molecule has 2 heterocycles. The van der Waals surface area contributed by atoms with E-state index in [0.29, 0.717) is 31.6 Å². The molecule has 0 aromatic rings. The minimum atomic E-state index is 0.301. The number of carbonyl (C=O) groups is 1. The average molecular weight is 283 g/mol. The predicted molar refractivity (Wildman–Crippen MR) is 79.8 cm³/mol. The number of nitrogens with one attached hydrogen (secondary N) is 1. The molecule has 2 rings (SSSR count). The number of rotatable bonds is 6. The molecule has 0 atom stereocenters. The lowest BCUT2D eigenvalue weighted by atomic mass is 10.0. The number of hydrogen-bond donors (Lipinski definition) is 1. The molecule has 1 N–H and O–H groups in total. The quantitative estimate of drug-likeness (QED) is 0.779. The summed E-state index contributed by atoms with van der Waals surface area (Å²) >= 11 is 0. The molecule has 0 aliphatic carbocycles. The largest absolute Gasteiger partial charge is 0.378 e. The van der Waals surface area contributed by atoms with E-state index in [0.717, 1.165) is 45.7 Å². The molecule has 0 aromatic heterocycles. The van der Waals surface area contributed by atoms with Crippen LogP contribution in [0.25, 0.3) is 0 Å². The van der Waals surface area contributed by atoms with Crippen LogP contribution in [-0.4, -0.2) is 74.2 Å². The van der Waals surface area contributed by atoms with Crippen molar-refractivity contribution >= 4 is 5.91 Å². The predicted octanol–water partition coefficient (Wildman–Crippen LogP) is 0.699. The molecule has 0 saturated carbocycles. The van der Waals surface area contributed by atoms with Crippen molar-refractivity contribution in [1.82, 2.24) is 15.1 Å². The Labute approximate surface area is 122 Å². The van der Waals surface area contributed by atoms with E-state index >= 15 is 0 Å². The van der Waals surface area contributed by atoms with Crippen LogP contribution in [0, 0.1) is 0 Å². The first kappa shape index (κ1) is 15.7. The van der Waals surface area contributed by atoms with Gasteiger partial charge in [-0.25, -0.2) is 0 Å². The molecule has 0 aromatic carbocycles. The average Bonchev–Trinajstić information content (AvgIpc) is 2.53. The van der Waals surface area contributed by atoms with E-state index in [9.17, 15) is 4.79 Å². The molecule has 2 fully saturated rings. The second-order valence-corrected chi connectivity index (χ2v) is 5.71. The minimum absolute atomic E-state index is 0.301. The summed E-state index contributed by atoms with van der Waals surface area (Å²) in [5.74, 6) is 0.301. The Morgan fingerprint density at radius 3 is 2.65 bits per heavy atom. The molecule has 2 saturated heterocycles. The van der Waals surface area contributed by atoms with Gasteiger partial charge in [-0.3, -0.25) is 4.79 Å². The standard InChI is InChI=1S/C15H29N3O2/c1-2-17(14-5-7-16-8-6-14)9-3-4-15(19)18-10-12-20-13-11-18/h14,16H,2-13H2,1H3. The number of morpholine rings is 1. The van der Waals surface area contributed by atoms with Gasteiger partial charge in [0.2, 0.25) is 5.91 Å². The zero-order chi connectivity index (χ0) is 14.2. The zero-order valence-electron chi connectivity index (χ0n) is 12.8. The molecule has 0 unspecified atom stereocenters. The lowest BCUT2D eigenvalue weighted by Crippen LogP contribution is -2.44. The Kier molecular flexibility index (Phi) is 6.76. The van der Waals surface area contributed by atoms with Crippen molar-refractivity contribution in [3.63, 3.8) is 0 Å². The normalized spacial score (nSPS) is 21.4. The van der Waals surface area contributed by atoms with Crippen LogP contribution in [0.15, 0.2) is 0 Å². The Bertz CT molecular complexity index is 287. The zero-order valence-corrected chi connectivity index (χ0v) is 12.8. The summed E-state index contributed by atoms with van der Waals surface area (Å²) in [6, 6.07) is 0.708. The van der Waals surface area contributed by atoms with Gasteiger partial charge in [0.05, 0.1) is 13.2 Å². The van der Waals surface area contributed by atoms with Crippen molar-refractivity contribution in [2.75, 3.05) is 52.5 Å². The van der Waals surface area contributed by atoms with E-state index in [1.807, 2.05) is 4.90 Å². The van der Waals surface area contributed by atoms with Crippen molar-refractivity contribution in [2.45, 2.75) is 38.6 Å². The van der Waals surface area contributed by atoms with Crippen molar-refractivity contribution in [1.29, 1.82) is 0 Å². The molecule has 1 amide bonds. The van der Waals surface area contributed by atoms with E-state index in [1.165, 1.54) is 12.8 Å². The van der Waals surface area contributed by atoms with Gasteiger partial charge in [-0.2, -0.15) is 0 Å². The molecule has 116 valence electrons. The highest BCUT2D eigenvalue weighted by molar-refractivity contribution is 5.76. The molecular weight excluding hydrogens is 254 g/mol. The number of ether oxygens (including phenoxy) is 1. The lowest BCUT2D eigenvalue weighted by Gasteiger charge is -2.34. The molecule has 0 radical (unpaired) electrons. The Morgan fingerprint density at radius 1 is 1.30 bits per heavy atom. The molecule has 0 spiro atoms. The maximum Gasteiger partial charge on any atom is 0.222 e. The highest BCUT2D eigenvalue weighted by atomic mass is 16.5. The first-order chi connectivity index (χ1) is 9.81. The van der Waals surface area contributed by atoms with Crippen molar-refractivity contribution in [2.24, 2.45) is 0 Å². The number of piperidine rings is 1. The molecule has 5 nitrogen and oxygen atoms in total. The van der Waals surface area contributed by atoms with Crippen molar-refractivity contribution in [3.05, 3.63) is 0 Å². The van der Waals surface area contributed by atoms with Crippen LogP contribution in [0.2, 0.25) is 0 Å². The monoisotopic (exact) mass is 283 g/mol. The Balaban J connectivity index is 1.66. The summed E-state index contributed by atoms with van der Waals surface area (Å²) in [7, 11) is 0. The summed E-state index contributed by atoms with van der Waals surface area (Å²) in [5.41, 5.74) is 0. The van der Waals surface area contributed by atoms with Gasteiger partial charge in [0.25, 0.3) is 0 Å². The summed E-state index contributed by atoms with van der Waals surface area (Å²) in [6.45, 7) is 9.57. The maximum atomic E-state index is 12.1. The van der Waals surface area contributed by atoms with Gasteiger partial charge in [-0.15, -0.1) is 0 Å². The first-order valence-electron chi connectivity index (χ1n) is 8.11. The first-order valence-corrected chi connectivity index (χ1v) is 8.11. The number of nitrogens with zero attached hydrogens (tertiary/aromatic N) is 2. The van der Waals surface area contributed by atoms with Gasteiger partial charge < -0.3 is 19.9 Å². The second kappa shape index (κ2) is 8.60. The SMILES string of the molecule is CCN(CCCC(=O)N1CCOCC1)C1CCNCC1. The van der Waals surface area contributed by atoms with Crippen LogP contribution in [0.1, 0.15) is 32.6 Å². The van der Waals surface area contributed by atoms with Crippen LogP contribution in [0.4, 0.5) is 0 Å². The van der Waals surface area contributed by atoms with Crippen LogP contribution in [-0.2, 0) is 9.53 Å². The molecule has 5 heteroatoms. The summed E-state index contributed by atoms with van der Waals surface area (Å²) in [6.07, 6.45) is 4.14. The number of carbonyl (C=O) groups excluding carboxylic acids is 1. The molecule has 20 heavy (non-hydrogen) atoms. The Morgan fingerprint density at radius 2 is 2.00 bits per heavy atom.